The van der Waals surface area contributed by atoms with Gasteiger partial charge in [0, 0.05) is 38.3 Å². The fraction of sp³-hybridized carbons (Fsp3) is 0.250. The zero-order valence-electron chi connectivity index (χ0n) is 21.7. The lowest BCUT2D eigenvalue weighted by Crippen LogP contribution is -2.50. The van der Waals surface area contributed by atoms with Crippen LogP contribution >= 0.6 is 0 Å². The van der Waals surface area contributed by atoms with Crippen molar-refractivity contribution in [3.63, 3.8) is 0 Å². The summed E-state index contributed by atoms with van der Waals surface area (Å²) in [6.45, 7) is 1.85. The first-order valence-electron chi connectivity index (χ1n) is 13.1. The topological polar surface area (TPSA) is 40.6 Å². The van der Waals surface area contributed by atoms with E-state index in [1.165, 1.54) is 24.3 Å². The molecule has 0 N–H and O–H groups in total. The molecular formula is C32H32F2N2O2S. The Bertz CT molecular complexity index is 1380. The molecule has 4 nitrogen and oxygen atoms in total. The number of sulfone groups is 1. The summed E-state index contributed by atoms with van der Waals surface area (Å²) in [6, 6.07) is 32.1. The average molecular weight is 547 g/mol. The number of rotatable bonds is 10. The van der Waals surface area contributed by atoms with Gasteiger partial charge < -0.3 is 0 Å². The molecule has 0 aliphatic carbocycles. The Kier molecular flexibility index (Phi) is 8.50. The molecule has 1 fully saturated rings. The summed E-state index contributed by atoms with van der Waals surface area (Å²) < 4.78 is 54.6. The van der Waals surface area contributed by atoms with Gasteiger partial charge in [0.15, 0.2) is 9.84 Å². The minimum absolute atomic E-state index is 0.00819. The quantitative estimate of drug-likeness (QED) is 0.251. The van der Waals surface area contributed by atoms with Gasteiger partial charge in [-0.3, -0.25) is 9.80 Å². The number of hydrogen-bond acceptors (Lipinski definition) is 4. The first-order chi connectivity index (χ1) is 18.8. The number of nitrogens with zero attached hydrogens (tertiary/aromatic N) is 2. The molecule has 39 heavy (non-hydrogen) atoms. The van der Waals surface area contributed by atoms with Crippen LogP contribution in [0.3, 0.4) is 0 Å². The van der Waals surface area contributed by atoms with Gasteiger partial charge in [0.25, 0.3) is 0 Å². The van der Waals surface area contributed by atoms with E-state index in [0.29, 0.717) is 26.2 Å². The second-order valence-electron chi connectivity index (χ2n) is 10.3. The van der Waals surface area contributed by atoms with Crippen molar-refractivity contribution >= 4 is 9.84 Å². The molecule has 4 aromatic carbocycles. The Morgan fingerprint density at radius 3 is 1.28 bits per heavy atom. The third kappa shape index (κ3) is 7.38. The van der Waals surface area contributed by atoms with E-state index >= 15 is 0 Å². The van der Waals surface area contributed by atoms with Crippen LogP contribution < -0.4 is 0 Å². The monoisotopic (exact) mass is 546 g/mol. The lowest BCUT2D eigenvalue weighted by atomic mass is 10.0. The highest BCUT2D eigenvalue weighted by Gasteiger charge is 2.44. The molecule has 0 unspecified atom stereocenters. The van der Waals surface area contributed by atoms with Gasteiger partial charge >= 0.3 is 0 Å². The van der Waals surface area contributed by atoms with Crippen molar-refractivity contribution in [3.05, 3.63) is 143 Å². The van der Waals surface area contributed by atoms with Gasteiger partial charge in [-0.25, -0.2) is 17.2 Å². The highest BCUT2D eigenvalue weighted by molar-refractivity contribution is 7.91. The summed E-state index contributed by atoms with van der Waals surface area (Å²) in [6.07, 6.45) is 0. The molecule has 5 rings (SSSR count). The summed E-state index contributed by atoms with van der Waals surface area (Å²) >= 11 is 0. The molecule has 0 radical (unpaired) electrons. The fourth-order valence-electron chi connectivity index (χ4n) is 5.46. The minimum atomic E-state index is -3.35. The maximum Gasteiger partial charge on any atom is 0.153 e. The van der Waals surface area contributed by atoms with Crippen LogP contribution in [0.25, 0.3) is 0 Å². The summed E-state index contributed by atoms with van der Waals surface area (Å²) in [7, 11) is -3.35. The van der Waals surface area contributed by atoms with Crippen LogP contribution in [-0.4, -0.2) is 41.8 Å². The molecular weight excluding hydrogens is 514 g/mol. The highest BCUT2D eigenvalue weighted by atomic mass is 32.2. The van der Waals surface area contributed by atoms with E-state index in [-0.39, 0.29) is 35.2 Å². The third-order valence-electron chi connectivity index (χ3n) is 7.24. The van der Waals surface area contributed by atoms with Crippen LogP contribution in [0, 0.1) is 11.6 Å². The van der Waals surface area contributed by atoms with Crippen molar-refractivity contribution in [3.8, 4) is 0 Å². The average Bonchev–Trinajstić information content (AvgIpc) is 3.24. The van der Waals surface area contributed by atoms with Crippen LogP contribution in [0.2, 0.25) is 0 Å². The molecule has 1 aliphatic heterocycles. The molecule has 1 saturated heterocycles. The second kappa shape index (κ2) is 12.2. The Balaban J connectivity index is 1.52. The van der Waals surface area contributed by atoms with Crippen molar-refractivity contribution in [1.82, 2.24) is 9.80 Å². The first-order valence-corrected chi connectivity index (χ1v) is 14.9. The van der Waals surface area contributed by atoms with Crippen LogP contribution in [0.1, 0.15) is 22.3 Å². The van der Waals surface area contributed by atoms with E-state index in [2.05, 4.69) is 9.80 Å². The largest absolute Gasteiger partial charge is 0.289 e. The predicted molar refractivity (Wildman–Crippen MR) is 150 cm³/mol. The van der Waals surface area contributed by atoms with Gasteiger partial charge in [-0.15, -0.1) is 0 Å². The molecule has 0 bridgehead atoms. The minimum Gasteiger partial charge on any atom is -0.289 e. The number of halogens is 2. The van der Waals surface area contributed by atoms with E-state index in [1.54, 1.807) is 12.1 Å². The van der Waals surface area contributed by atoms with Gasteiger partial charge in [-0.1, -0.05) is 84.9 Å². The molecule has 0 saturated carbocycles. The lowest BCUT2D eigenvalue weighted by Gasteiger charge is -2.38. The zero-order chi connectivity index (χ0) is 27.2. The highest BCUT2D eigenvalue weighted by Crippen LogP contribution is 2.29. The normalized spacial score (nSPS) is 18.6. The summed E-state index contributed by atoms with van der Waals surface area (Å²) in [5.74, 6) is -0.623. The van der Waals surface area contributed by atoms with Gasteiger partial charge in [0.05, 0.1) is 11.5 Å². The van der Waals surface area contributed by atoms with E-state index in [1.807, 2.05) is 72.8 Å². The fourth-order valence-corrected chi connectivity index (χ4v) is 7.51. The summed E-state index contributed by atoms with van der Waals surface area (Å²) in [4.78, 5) is 4.31. The van der Waals surface area contributed by atoms with E-state index in [4.69, 9.17) is 0 Å². The van der Waals surface area contributed by atoms with E-state index < -0.39 is 9.84 Å². The van der Waals surface area contributed by atoms with E-state index in [9.17, 15) is 17.2 Å². The summed E-state index contributed by atoms with van der Waals surface area (Å²) in [5, 5.41) is 0. The summed E-state index contributed by atoms with van der Waals surface area (Å²) in [5.41, 5.74) is 3.68. The van der Waals surface area contributed by atoms with Crippen molar-refractivity contribution in [1.29, 1.82) is 0 Å². The maximum absolute atomic E-state index is 14.1. The molecule has 1 heterocycles. The SMILES string of the molecule is O=S1(=O)C[C@H](N(Cc2ccccc2)Cc2cccc(F)c2)[C@@H](N(Cc2ccccc2)Cc2cccc(F)c2)C1. The molecule has 7 heteroatoms. The van der Waals surface area contributed by atoms with Crippen LogP contribution in [0.4, 0.5) is 8.78 Å². The Morgan fingerprint density at radius 2 is 0.897 bits per heavy atom. The Labute approximate surface area is 229 Å². The van der Waals surface area contributed by atoms with Crippen molar-refractivity contribution in [2.75, 3.05) is 11.5 Å². The van der Waals surface area contributed by atoms with Crippen LogP contribution in [0.15, 0.2) is 109 Å². The Morgan fingerprint density at radius 1 is 0.538 bits per heavy atom. The molecule has 0 spiro atoms. The smallest absolute Gasteiger partial charge is 0.153 e. The number of hydrogen-bond donors (Lipinski definition) is 0. The third-order valence-corrected chi connectivity index (χ3v) is 8.94. The van der Waals surface area contributed by atoms with Crippen LogP contribution in [-0.2, 0) is 36.0 Å². The van der Waals surface area contributed by atoms with Crippen molar-refractivity contribution < 1.29 is 17.2 Å². The zero-order valence-corrected chi connectivity index (χ0v) is 22.5. The maximum atomic E-state index is 14.1. The van der Waals surface area contributed by atoms with Crippen LogP contribution in [0.5, 0.6) is 0 Å². The lowest BCUT2D eigenvalue weighted by molar-refractivity contribution is 0.0862. The Hall–Kier alpha value is -3.39. The first kappa shape index (κ1) is 27.2. The van der Waals surface area contributed by atoms with E-state index in [0.717, 1.165) is 22.3 Å². The van der Waals surface area contributed by atoms with Gasteiger partial charge in [-0.2, -0.15) is 0 Å². The molecule has 202 valence electrons. The molecule has 0 aromatic heterocycles. The standard InChI is InChI=1S/C32H32F2N2O2S/c33-29-15-7-13-27(17-29)21-35(19-25-9-3-1-4-10-25)31-23-39(37,38)24-32(31)36(20-26-11-5-2-6-12-26)22-28-14-8-16-30(34)18-28/h1-18,31-32H,19-24H2/t31-,32-/m0/s1. The second-order valence-corrected chi connectivity index (χ2v) is 12.4. The molecule has 4 aromatic rings. The van der Waals surface area contributed by atoms with Crippen molar-refractivity contribution in [2.24, 2.45) is 0 Å². The van der Waals surface area contributed by atoms with Gasteiger partial charge in [0.1, 0.15) is 11.6 Å². The van der Waals surface area contributed by atoms with Crippen molar-refractivity contribution in [2.45, 2.75) is 38.3 Å². The molecule has 2 atom stereocenters. The molecule has 1 aliphatic rings. The number of benzene rings is 4. The predicted octanol–water partition coefficient (Wildman–Crippen LogP) is 5.84. The van der Waals surface area contributed by atoms with Gasteiger partial charge in [-0.05, 0) is 46.5 Å². The van der Waals surface area contributed by atoms with Gasteiger partial charge in [0.2, 0.25) is 0 Å². The molecule has 0 amide bonds.